The first-order chi connectivity index (χ1) is 9.60. The van der Waals surface area contributed by atoms with Crippen molar-refractivity contribution in [1.82, 2.24) is 19.6 Å². The number of nitrogens with zero attached hydrogens (tertiary/aromatic N) is 3. The molecule has 20 heavy (non-hydrogen) atoms. The van der Waals surface area contributed by atoms with Gasteiger partial charge in [-0.25, -0.2) is 14.5 Å². The number of nitrogens with two attached hydrogens (primary N) is 1. The summed E-state index contributed by atoms with van der Waals surface area (Å²) in [6.07, 6.45) is 0. The predicted molar refractivity (Wildman–Crippen MR) is 76.4 cm³/mol. The average Bonchev–Trinajstić information content (AvgIpc) is 2.85. The second kappa shape index (κ2) is 4.57. The van der Waals surface area contributed by atoms with E-state index in [9.17, 15) is 4.79 Å². The number of aryl methyl sites for hydroxylation is 2. The molecule has 6 nitrogen and oxygen atoms in total. The molecule has 2 aromatic heterocycles. The van der Waals surface area contributed by atoms with E-state index in [1.165, 1.54) is 16.0 Å². The molecule has 2 heterocycles. The summed E-state index contributed by atoms with van der Waals surface area (Å²) in [5.74, 6) is 0.885. The normalized spacial score (nSPS) is 11.2. The van der Waals surface area contributed by atoms with Gasteiger partial charge in [0.15, 0.2) is 5.82 Å². The molecule has 0 spiro atoms. The number of H-pyrrole nitrogens is 1. The van der Waals surface area contributed by atoms with Gasteiger partial charge in [0, 0.05) is 11.6 Å². The quantitative estimate of drug-likeness (QED) is 0.730. The fourth-order valence-electron chi connectivity index (χ4n) is 2.16. The smallest absolute Gasteiger partial charge is 0.261 e. The number of benzene rings is 1. The zero-order valence-electron chi connectivity index (χ0n) is 11.3. The van der Waals surface area contributed by atoms with Crippen molar-refractivity contribution in [1.29, 1.82) is 0 Å². The Labute approximate surface area is 115 Å². The first-order valence-corrected chi connectivity index (χ1v) is 6.35. The largest absolute Gasteiger partial charge is 0.324 e. The molecule has 3 rings (SSSR count). The third kappa shape index (κ3) is 1.90. The average molecular weight is 269 g/mol. The molecule has 0 atom stereocenters. The molecular weight excluding hydrogens is 254 g/mol. The van der Waals surface area contributed by atoms with E-state index in [4.69, 9.17) is 5.73 Å². The highest BCUT2D eigenvalue weighted by molar-refractivity contribution is 5.62. The van der Waals surface area contributed by atoms with E-state index < -0.39 is 0 Å². The van der Waals surface area contributed by atoms with E-state index in [1.54, 1.807) is 0 Å². The van der Waals surface area contributed by atoms with Gasteiger partial charge in [0.2, 0.25) is 5.78 Å². The minimum Gasteiger partial charge on any atom is -0.324 e. The van der Waals surface area contributed by atoms with Crippen LogP contribution in [-0.4, -0.2) is 19.6 Å². The number of hydrogen-bond acceptors (Lipinski definition) is 4. The van der Waals surface area contributed by atoms with Gasteiger partial charge in [-0.1, -0.05) is 12.1 Å². The van der Waals surface area contributed by atoms with Crippen molar-refractivity contribution in [2.75, 3.05) is 0 Å². The van der Waals surface area contributed by atoms with Crippen molar-refractivity contribution in [3.63, 3.8) is 0 Å². The molecule has 6 heteroatoms. The first kappa shape index (κ1) is 12.6. The monoisotopic (exact) mass is 269 g/mol. The Bertz CT molecular complexity index is 846. The third-order valence-corrected chi connectivity index (χ3v) is 3.45. The van der Waals surface area contributed by atoms with Crippen LogP contribution in [-0.2, 0) is 6.54 Å². The molecule has 1 aromatic carbocycles. The zero-order chi connectivity index (χ0) is 14.3. The van der Waals surface area contributed by atoms with Gasteiger partial charge in [0.25, 0.3) is 5.56 Å². The number of nitrogens with one attached hydrogen (secondary N) is 1. The lowest BCUT2D eigenvalue weighted by molar-refractivity contribution is 0.867. The van der Waals surface area contributed by atoms with Crippen LogP contribution in [0.2, 0.25) is 0 Å². The van der Waals surface area contributed by atoms with E-state index in [0.717, 1.165) is 11.1 Å². The Morgan fingerprint density at radius 1 is 1.25 bits per heavy atom. The molecule has 3 N–H and O–H groups in total. The Morgan fingerprint density at radius 3 is 2.75 bits per heavy atom. The highest BCUT2D eigenvalue weighted by atomic mass is 16.1. The number of aromatic nitrogens is 4. The summed E-state index contributed by atoms with van der Waals surface area (Å²) in [5.41, 5.74) is 9.28. The van der Waals surface area contributed by atoms with E-state index in [1.807, 2.05) is 32.0 Å². The van der Waals surface area contributed by atoms with E-state index in [2.05, 4.69) is 15.2 Å². The van der Waals surface area contributed by atoms with Crippen LogP contribution < -0.4 is 11.3 Å². The van der Waals surface area contributed by atoms with Gasteiger partial charge in [0.1, 0.15) is 0 Å². The summed E-state index contributed by atoms with van der Waals surface area (Å²) >= 11 is 0. The SMILES string of the molecule is Cc1ccc(-c2cc(=O)n3c(CN)n[nH]c3n2)cc1C. The lowest BCUT2D eigenvalue weighted by atomic mass is 10.0. The lowest BCUT2D eigenvalue weighted by Gasteiger charge is -2.05. The van der Waals surface area contributed by atoms with Crippen molar-refractivity contribution in [3.8, 4) is 11.3 Å². The van der Waals surface area contributed by atoms with Crippen molar-refractivity contribution < 1.29 is 0 Å². The van der Waals surface area contributed by atoms with Crippen molar-refractivity contribution >= 4 is 5.78 Å². The van der Waals surface area contributed by atoms with E-state index >= 15 is 0 Å². The van der Waals surface area contributed by atoms with Gasteiger partial charge in [-0.2, -0.15) is 5.10 Å². The maximum absolute atomic E-state index is 12.2. The lowest BCUT2D eigenvalue weighted by Crippen LogP contribution is -2.17. The summed E-state index contributed by atoms with van der Waals surface area (Å²) in [6.45, 7) is 4.27. The van der Waals surface area contributed by atoms with Gasteiger partial charge < -0.3 is 5.73 Å². The van der Waals surface area contributed by atoms with E-state index in [-0.39, 0.29) is 12.1 Å². The third-order valence-electron chi connectivity index (χ3n) is 3.45. The van der Waals surface area contributed by atoms with Gasteiger partial charge in [-0.05, 0) is 31.0 Å². The molecular formula is C14H15N5O. The maximum Gasteiger partial charge on any atom is 0.261 e. The van der Waals surface area contributed by atoms with Gasteiger partial charge in [0.05, 0.1) is 12.2 Å². The Kier molecular flexibility index (Phi) is 2.87. The first-order valence-electron chi connectivity index (χ1n) is 6.35. The van der Waals surface area contributed by atoms with Gasteiger partial charge in [-0.15, -0.1) is 0 Å². The minimum atomic E-state index is -0.183. The molecule has 0 aliphatic heterocycles. The Morgan fingerprint density at radius 2 is 2.05 bits per heavy atom. The molecule has 0 unspecified atom stereocenters. The van der Waals surface area contributed by atoms with Gasteiger partial charge >= 0.3 is 0 Å². The second-order valence-corrected chi connectivity index (χ2v) is 4.78. The molecule has 0 amide bonds. The molecule has 3 aromatic rings. The molecule has 0 aliphatic rings. The number of fused-ring (bicyclic) bond motifs is 1. The Hall–Kier alpha value is -2.47. The fourth-order valence-corrected chi connectivity index (χ4v) is 2.16. The van der Waals surface area contributed by atoms with Crippen LogP contribution in [0.4, 0.5) is 0 Å². The molecule has 0 saturated carbocycles. The number of rotatable bonds is 2. The maximum atomic E-state index is 12.2. The van der Waals surface area contributed by atoms with Crippen LogP contribution in [0.5, 0.6) is 0 Å². The van der Waals surface area contributed by atoms with Crippen LogP contribution in [0, 0.1) is 13.8 Å². The summed E-state index contributed by atoms with van der Waals surface area (Å²) in [7, 11) is 0. The van der Waals surface area contributed by atoms with Crippen molar-refractivity contribution in [2.24, 2.45) is 5.73 Å². The molecule has 0 fully saturated rings. The van der Waals surface area contributed by atoms with Crippen molar-refractivity contribution in [3.05, 3.63) is 51.6 Å². The molecule has 0 saturated heterocycles. The topological polar surface area (TPSA) is 89.1 Å². The molecule has 0 bridgehead atoms. The minimum absolute atomic E-state index is 0.183. The van der Waals surface area contributed by atoms with E-state index in [0.29, 0.717) is 17.3 Å². The molecule has 0 aliphatic carbocycles. The van der Waals surface area contributed by atoms with Crippen molar-refractivity contribution in [2.45, 2.75) is 20.4 Å². The standard InChI is InChI=1S/C14H15N5O/c1-8-3-4-10(5-9(8)2)11-6-13(20)19-12(7-15)17-18-14(19)16-11/h3-6H,7,15H2,1-2H3,(H,16,18). The highest BCUT2D eigenvalue weighted by Gasteiger charge is 2.10. The van der Waals surface area contributed by atoms with Crippen LogP contribution in [0.3, 0.4) is 0 Å². The highest BCUT2D eigenvalue weighted by Crippen LogP contribution is 2.19. The van der Waals surface area contributed by atoms with Crippen LogP contribution >= 0.6 is 0 Å². The summed E-state index contributed by atoms with van der Waals surface area (Å²) in [4.78, 5) is 16.6. The number of aromatic amines is 1. The van der Waals surface area contributed by atoms with Crippen LogP contribution in [0.1, 0.15) is 17.0 Å². The van der Waals surface area contributed by atoms with Gasteiger partial charge in [-0.3, -0.25) is 4.79 Å². The molecule has 102 valence electrons. The van der Waals surface area contributed by atoms with Crippen LogP contribution in [0.15, 0.2) is 29.1 Å². The summed E-state index contributed by atoms with van der Waals surface area (Å²) < 4.78 is 1.39. The molecule has 0 radical (unpaired) electrons. The fraction of sp³-hybridized carbons (Fsp3) is 0.214. The summed E-state index contributed by atoms with van der Waals surface area (Å²) in [5, 5.41) is 6.73. The van der Waals surface area contributed by atoms with Crippen LogP contribution in [0.25, 0.3) is 17.0 Å². The summed E-state index contributed by atoms with van der Waals surface area (Å²) in [6, 6.07) is 7.51. The Balaban J connectivity index is 2.22. The number of hydrogen-bond donors (Lipinski definition) is 2. The zero-order valence-corrected chi connectivity index (χ0v) is 11.3. The predicted octanol–water partition coefficient (Wildman–Crippen LogP) is 1.16. The second-order valence-electron chi connectivity index (χ2n) is 4.78.